The minimum absolute atomic E-state index is 0.0375. The van der Waals surface area contributed by atoms with E-state index in [9.17, 15) is 18.0 Å². The van der Waals surface area contributed by atoms with Gasteiger partial charge in [0.15, 0.2) is 0 Å². The van der Waals surface area contributed by atoms with Crippen LogP contribution in [0.2, 0.25) is 0 Å². The highest BCUT2D eigenvalue weighted by Gasteiger charge is 2.41. The van der Waals surface area contributed by atoms with E-state index in [1.165, 1.54) is 4.68 Å². The number of benzene rings is 1. The fourth-order valence-electron chi connectivity index (χ4n) is 4.30. The van der Waals surface area contributed by atoms with Crippen LogP contribution in [0, 0.1) is 12.3 Å². The van der Waals surface area contributed by atoms with Crippen LogP contribution < -0.4 is 4.74 Å². The summed E-state index contributed by atoms with van der Waals surface area (Å²) in [5, 5.41) is 8.30. The maximum absolute atomic E-state index is 13.1. The zero-order valence-corrected chi connectivity index (χ0v) is 19.5. The molecule has 0 aliphatic carbocycles. The van der Waals surface area contributed by atoms with Crippen molar-refractivity contribution in [3.05, 3.63) is 42.6 Å². The van der Waals surface area contributed by atoms with Crippen LogP contribution in [-0.2, 0) is 4.79 Å². The van der Waals surface area contributed by atoms with Crippen molar-refractivity contribution in [3.63, 3.8) is 0 Å². The summed E-state index contributed by atoms with van der Waals surface area (Å²) in [6.45, 7) is 4.39. The molecule has 0 spiro atoms. The van der Waals surface area contributed by atoms with E-state index in [2.05, 4.69) is 15.3 Å². The molecule has 1 aliphatic heterocycles. The molecule has 1 aliphatic rings. The maximum Gasteiger partial charge on any atom is 0.406 e. The zero-order chi connectivity index (χ0) is 24.7. The molecule has 1 atom stereocenters. The molecule has 1 fully saturated rings. The second-order valence-corrected chi connectivity index (χ2v) is 9.42. The lowest BCUT2D eigenvalue weighted by Crippen LogP contribution is -2.44. The summed E-state index contributed by atoms with van der Waals surface area (Å²) in [6.07, 6.45) is 1.66. The number of aryl methyl sites for hydroxylation is 1. The van der Waals surface area contributed by atoms with Crippen LogP contribution in [0.3, 0.4) is 0 Å². The number of hydrogen-bond acceptors (Lipinski definition) is 5. The van der Waals surface area contributed by atoms with Crippen LogP contribution in [0.1, 0.15) is 38.4 Å². The van der Waals surface area contributed by atoms with Crippen molar-refractivity contribution in [3.8, 4) is 22.7 Å². The number of methoxy groups -OCH3 is 1. The molecule has 1 unspecified atom stereocenters. The van der Waals surface area contributed by atoms with Gasteiger partial charge in [-0.25, -0.2) is 9.67 Å². The van der Waals surface area contributed by atoms with Crippen molar-refractivity contribution < 1.29 is 22.7 Å². The topological polar surface area (TPSA) is 78.1 Å². The molecule has 1 amide bonds. The summed E-state index contributed by atoms with van der Waals surface area (Å²) >= 11 is 0. The van der Waals surface area contributed by atoms with Crippen molar-refractivity contribution in [2.75, 3.05) is 20.2 Å². The third kappa shape index (κ3) is 5.07. The number of nitrogens with zero attached hydrogens (tertiary/aromatic N) is 6. The molecule has 2 aromatic heterocycles. The Kier molecular flexibility index (Phi) is 6.13. The van der Waals surface area contributed by atoms with Gasteiger partial charge in [0.05, 0.1) is 31.0 Å². The Morgan fingerprint density at radius 2 is 2.00 bits per heavy atom. The predicted molar refractivity (Wildman–Crippen MR) is 119 cm³/mol. The number of amides is 1. The lowest BCUT2D eigenvalue weighted by molar-refractivity contribution is -0.164. The van der Waals surface area contributed by atoms with Gasteiger partial charge in [-0.15, -0.1) is 5.10 Å². The largest absolute Gasteiger partial charge is 0.495 e. The zero-order valence-electron chi connectivity index (χ0n) is 19.5. The summed E-state index contributed by atoms with van der Waals surface area (Å²) in [5.74, 6) is -0.00384. The second kappa shape index (κ2) is 8.77. The molecular formula is C23H27F3N6O2. The molecule has 4 rings (SSSR count). The summed E-state index contributed by atoms with van der Waals surface area (Å²) < 4.78 is 48.2. The summed E-state index contributed by atoms with van der Waals surface area (Å²) in [7, 11) is 1.56. The number of rotatable bonds is 5. The highest BCUT2D eigenvalue weighted by molar-refractivity contribution is 5.81. The Morgan fingerprint density at radius 3 is 2.65 bits per heavy atom. The van der Waals surface area contributed by atoms with Gasteiger partial charge >= 0.3 is 6.18 Å². The van der Waals surface area contributed by atoms with Crippen LogP contribution in [0.5, 0.6) is 5.75 Å². The molecule has 3 heterocycles. The van der Waals surface area contributed by atoms with E-state index in [0.29, 0.717) is 29.8 Å². The summed E-state index contributed by atoms with van der Waals surface area (Å²) in [5.41, 5.74) is 2.42. The summed E-state index contributed by atoms with van der Waals surface area (Å²) in [4.78, 5) is 18.2. The van der Waals surface area contributed by atoms with E-state index in [1.807, 2.05) is 43.7 Å². The Hall–Kier alpha value is -3.37. The fourth-order valence-corrected chi connectivity index (χ4v) is 4.30. The van der Waals surface area contributed by atoms with Gasteiger partial charge in [-0.3, -0.25) is 4.79 Å². The Bertz CT molecular complexity index is 1180. The number of halogens is 3. The van der Waals surface area contributed by atoms with E-state index in [4.69, 9.17) is 4.74 Å². The lowest BCUT2D eigenvalue weighted by atomic mass is 9.87. The first-order chi connectivity index (χ1) is 16.0. The molecule has 0 bridgehead atoms. The lowest BCUT2D eigenvalue weighted by Gasteiger charge is -2.30. The number of hydrogen-bond donors (Lipinski definition) is 0. The molecule has 182 valence electrons. The first-order valence-corrected chi connectivity index (χ1v) is 10.9. The second-order valence-electron chi connectivity index (χ2n) is 9.42. The number of imidazole rings is 1. The highest BCUT2D eigenvalue weighted by Crippen LogP contribution is 2.35. The van der Waals surface area contributed by atoms with Crippen LogP contribution in [0.4, 0.5) is 13.2 Å². The normalized spacial score (nSPS) is 18.7. The molecule has 3 aromatic rings. The van der Waals surface area contributed by atoms with Gasteiger partial charge in [-0.05, 0) is 37.3 Å². The van der Waals surface area contributed by atoms with Crippen LogP contribution in [0.15, 0.2) is 36.9 Å². The third-order valence-corrected chi connectivity index (χ3v) is 5.98. The van der Waals surface area contributed by atoms with E-state index in [-0.39, 0.29) is 6.54 Å². The Labute approximate surface area is 195 Å². The van der Waals surface area contributed by atoms with Crippen molar-refractivity contribution in [1.29, 1.82) is 0 Å². The SMILES string of the molecule is COc1cc(-c2cn(C3CCC(C)(C)CN(CC(F)(F)F)C3=O)nn2)ccc1-n1cnc(C)c1. The number of likely N-dealkylation sites (tertiary alicyclic amines) is 1. The van der Waals surface area contributed by atoms with Crippen LogP contribution in [0.25, 0.3) is 16.9 Å². The minimum Gasteiger partial charge on any atom is -0.495 e. The summed E-state index contributed by atoms with van der Waals surface area (Å²) in [6, 6.07) is 4.65. The van der Waals surface area contributed by atoms with Crippen LogP contribution >= 0.6 is 0 Å². The predicted octanol–water partition coefficient (Wildman–Crippen LogP) is 4.20. The van der Waals surface area contributed by atoms with Crippen molar-refractivity contribution >= 4 is 5.91 Å². The highest BCUT2D eigenvalue weighted by atomic mass is 19.4. The first-order valence-electron chi connectivity index (χ1n) is 10.9. The van der Waals surface area contributed by atoms with Gasteiger partial charge in [-0.1, -0.05) is 25.1 Å². The fraction of sp³-hybridized carbons (Fsp3) is 0.478. The third-order valence-electron chi connectivity index (χ3n) is 5.98. The van der Waals surface area contributed by atoms with Gasteiger partial charge in [-0.2, -0.15) is 13.2 Å². The van der Waals surface area contributed by atoms with E-state index in [1.54, 1.807) is 25.7 Å². The van der Waals surface area contributed by atoms with Gasteiger partial charge in [0.2, 0.25) is 5.91 Å². The Balaban J connectivity index is 1.62. The standard InChI is InChI=1S/C23H27F3N6O2/c1-15-10-30(14-27-15)18-6-5-16(9-20(18)34-4)17-11-32(29-28-17)19-7-8-22(2,3)12-31(21(19)33)13-23(24,25)26/h5-6,9-11,14,19H,7-8,12-13H2,1-4H3. The number of aromatic nitrogens is 5. The molecule has 8 nitrogen and oxygen atoms in total. The number of carbonyl (C=O) groups is 1. The first kappa shape index (κ1) is 23.8. The van der Waals surface area contributed by atoms with Crippen molar-refractivity contribution in [2.45, 2.75) is 45.8 Å². The molecule has 34 heavy (non-hydrogen) atoms. The van der Waals surface area contributed by atoms with E-state index >= 15 is 0 Å². The number of alkyl halides is 3. The van der Waals surface area contributed by atoms with Gasteiger partial charge in [0.1, 0.15) is 24.0 Å². The smallest absolute Gasteiger partial charge is 0.406 e. The molecule has 0 radical (unpaired) electrons. The van der Waals surface area contributed by atoms with Crippen molar-refractivity contribution in [2.24, 2.45) is 5.41 Å². The molecule has 0 saturated carbocycles. The quantitative estimate of drug-likeness (QED) is 0.552. The molecular weight excluding hydrogens is 449 g/mol. The Morgan fingerprint density at radius 1 is 1.24 bits per heavy atom. The van der Waals surface area contributed by atoms with Gasteiger partial charge < -0.3 is 14.2 Å². The van der Waals surface area contributed by atoms with E-state index < -0.39 is 30.1 Å². The van der Waals surface area contributed by atoms with Crippen molar-refractivity contribution in [1.82, 2.24) is 29.4 Å². The van der Waals surface area contributed by atoms with Gasteiger partial charge in [0, 0.05) is 18.3 Å². The van der Waals surface area contributed by atoms with E-state index in [0.717, 1.165) is 16.3 Å². The molecule has 11 heteroatoms. The minimum atomic E-state index is -4.47. The molecule has 1 saturated heterocycles. The monoisotopic (exact) mass is 476 g/mol. The van der Waals surface area contributed by atoms with Crippen LogP contribution in [-0.4, -0.2) is 61.7 Å². The van der Waals surface area contributed by atoms with Gasteiger partial charge in [0.25, 0.3) is 0 Å². The number of carbonyl (C=O) groups excluding carboxylic acids is 1. The average Bonchev–Trinajstić information content (AvgIpc) is 3.39. The number of ether oxygens (including phenoxy) is 1. The maximum atomic E-state index is 13.1. The average molecular weight is 477 g/mol. The molecule has 0 N–H and O–H groups in total. The molecule has 1 aromatic carbocycles.